The third-order valence-corrected chi connectivity index (χ3v) is 6.79. The van der Waals surface area contributed by atoms with Crippen LogP contribution in [0.1, 0.15) is 46.4 Å². The van der Waals surface area contributed by atoms with Gasteiger partial charge in [0.15, 0.2) is 0 Å². The van der Waals surface area contributed by atoms with Crippen molar-refractivity contribution < 1.29 is 13.9 Å². The molecule has 3 aromatic heterocycles. The summed E-state index contributed by atoms with van der Waals surface area (Å²) in [6, 6.07) is 6.53. The maximum Gasteiger partial charge on any atom is 0.354 e. The van der Waals surface area contributed by atoms with Gasteiger partial charge >= 0.3 is 11.6 Å². The predicted molar refractivity (Wildman–Crippen MR) is 118 cm³/mol. The summed E-state index contributed by atoms with van der Waals surface area (Å²) in [6.07, 6.45) is 3.34. The quantitative estimate of drug-likeness (QED) is 0.273. The molecule has 0 unspecified atom stereocenters. The molecule has 0 amide bonds. The molecular formula is C23H20N2O5S. The normalized spacial score (nSPS) is 13.1. The molecule has 0 fully saturated rings. The van der Waals surface area contributed by atoms with Gasteiger partial charge in [0, 0.05) is 30.5 Å². The van der Waals surface area contributed by atoms with E-state index in [-0.39, 0.29) is 11.3 Å². The molecule has 0 bridgehead atoms. The van der Waals surface area contributed by atoms with Crippen molar-refractivity contribution in [2.75, 3.05) is 0 Å². The SMILES string of the molecule is CCCc1cc(=O)oc2cc(OC(=O)c3sc4nc5n(c(=O)c4c3C)CCC5)ccc12. The molecule has 31 heavy (non-hydrogen) atoms. The number of thiophene rings is 1. The Morgan fingerprint density at radius 2 is 2.13 bits per heavy atom. The molecule has 0 saturated carbocycles. The molecule has 0 saturated heterocycles. The highest BCUT2D eigenvalue weighted by molar-refractivity contribution is 7.20. The zero-order valence-electron chi connectivity index (χ0n) is 17.2. The van der Waals surface area contributed by atoms with Crippen LogP contribution in [0.3, 0.4) is 0 Å². The number of aromatic nitrogens is 2. The standard InChI is InChI=1S/C23H20N2O5S/c1-3-5-13-10-18(26)30-16-11-14(7-8-15(13)16)29-23(28)20-12(2)19-21(31-20)24-17-6-4-9-25(17)22(19)27/h7-8,10-11H,3-6,9H2,1-2H3. The van der Waals surface area contributed by atoms with E-state index in [1.165, 1.54) is 17.4 Å². The largest absolute Gasteiger partial charge is 0.423 e. The molecule has 7 nitrogen and oxygen atoms in total. The van der Waals surface area contributed by atoms with E-state index < -0.39 is 11.6 Å². The van der Waals surface area contributed by atoms with Crippen molar-refractivity contribution in [2.24, 2.45) is 0 Å². The zero-order valence-corrected chi connectivity index (χ0v) is 18.0. The van der Waals surface area contributed by atoms with Crippen molar-refractivity contribution in [3.8, 4) is 5.75 Å². The highest BCUT2D eigenvalue weighted by Crippen LogP contribution is 2.30. The number of aryl methyl sites for hydroxylation is 3. The number of hydrogen-bond acceptors (Lipinski definition) is 7. The van der Waals surface area contributed by atoms with Crippen LogP contribution in [0.25, 0.3) is 21.2 Å². The molecule has 8 heteroatoms. The molecule has 0 atom stereocenters. The van der Waals surface area contributed by atoms with E-state index in [1.807, 2.05) is 6.92 Å². The maximum absolute atomic E-state index is 12.9. The van der Waals surface area contributed by atoms with Crippen molar-refractivity contribution >= 4 is 38.5 Å². The van der Waals surface area contributed by atoms with Gasteiger partial charge in [-0.2, -0.15) is 0 Å². The van der Waals surface area contributed by atoms with Crippen LogP contribution in [-0.4, -0.2) is 15.5 Å². The van der Waals surface area contributed by atoms with Crippen molar-refractivity contribution in [1.82, 2.24) is 9.55 Å². The van der Waals surface area contributed by atoms with E-state index in [4.69, 9.17) is 9.15 Å². The summed E-state index contributed by atoms with van der Waals surface area (Å²) in [6.45, 7) is 4.45. The molecule has 0 radical (unpaired) electrons. The minimum atomic E-state index is -0.559. The van der Waals surface area contributed by atoms with E-state index in [2.05, 4.69) is 4.98 Å². The molecular weight excluding hydrogens is 416 g/mol. The van der Waals surface area contributed by atoms with Crippen LogP contribution < -0.4 is 15.9 Å². The second-order valence-electron chi connectivity index (χ2n) is 7.71. The van der Waals surface area contributed by atoms with Gasteiger partial charge in [0.25, 0.3) is 5.56 Å². The predicted octanol–water partition coefficient (Wildman–Crippen LogP) is 3.99. The van der Waals surface area contributed by atoms with Gasteiger partial charge < -0.3 is 9.15 Å². The molecule has 1 aromatic carbocycles. The van der Waals surface area contributed by atoms with Crippen molar-refractivity contribution in [3.05, 3.63) is 66.9 Å². The van der Waals surface area contributed by atoms with Crippen molar-refractivity contribution in [3.63, 3.8) is 0 Å². The lowest BCUT2D eigenvalue weighted by atomic mass is 10.1. The van der Waals surface area contributed by atoms with Gasteiger partial charge in [0.05, 0.1) is 5.39 Å². The number of fused-ring (bicyclic) bond motifs is 3. The third-order valence-electron chi connectivity index (χ3n) is 5.63. The highest BCUT2D eigenvalue weighted by atomic mass is 32.1. The molecule has 4 aromatic rings. The number of ether oxygens (including phenoxy) is 1. The third kappa shape index (κ3) is 3.27. The minimum Gasteiger partial charge on any atom is -0.423 e. The molecule has 5 rings (SSSR count). The lowest BCUT2D eigenvalue weighted by Gasteiger charge is -2.07. The Hall–Kier alpha value is -3.26. The first-order valence-corrected chi connectivity index (χ1v) is 11.1. The zero-order chi connectivity index (χ0) is 21.7. The van der Waals surface area contributed by atoms with Gasteiger partial charge in [0.2, 0.25) is 0 Å². The van der Waals surface area contributed by atoms with Crippen LogP contribution in [0.15, 0.2) is 38.3 Å². The summed E-state index contributed by atoms with van der Waals surface area (Å²) in [5.41, 5.74) is 1.35. The fourth-order valence-corrected chi connectivity index (χ4v) is 5.24. The van der Waals surface area contributed by atoms with Crippen LogP contribution >= 0.6 is 11.3 Å². The molecule has 1 aliphatic heterocycles. The average Bonchev–Trinajstić information content (AvgIpc) is 3.33. The second-order valence-corrected chi connectivity index (χ2v) is 8.71. The van der Waals surface area contributed by atoms with Crippen LogP contribution in [0.2, 0.25) is 0 Å². The molecule has 0 N–H and O–H groups in total. The Kier molecular flexibility index (Phi) is 4.74. The number of nitrogens with zero attached hydrogens (tertiary/aromatic N) is 2. The van der Waals surface area contributed by atoms with Crippen LogP contribution in [0.4, 0.5) is 0 Å². The van der Waals surface area contributed by atoms with Crippen LogP contribution in [0.5, 0.6) is 5.75 Å². The Bertz CT molecular complexity index is 1480. The first-order valence-electron chi connectivity index (χ1n) is 10.3. The molecule has 0 spiro atoms. The summed E-state index contributed by atoms with van der Waals surface area (Å²) < 4.78 is 12.6. The van der Waals surface area contributed by atoms with Gasteiger partial charge in [-0.05, 0) is 43.0 Å². The maximum atomic E-state index is 12.9. The van der Waals surface area contributed by atoms with Gasteiger partial charge in [-0.1, -0.05) is 13.3 Å². The minimum absolute atomic E-state index is 0.0961. The van der Waals surface area contributed by atoms with E-state index in [0.717, 1.165) is 42.5 Å². The van der Waals surface area contributed by atoms with Gasteiger partial charge in [-0.15, -0.1) is 11.3 Å². The molecule has 4 heterocycles. The number of benzene rings is 1. The van der Waals surface area contributed by atoms with Gasteiger partial charge in [-0.3, -0.25) is 9.36 Å². The fraction of sp³-hybridized carbons (Fsp3) is 0.304. The lowest BCUT2D eigenvalue weighted by Crippen LogP contribution is -2.20. The number of carbonyl (C=O) groups excluding carboxylic acids is 1. The second kappa shape index (κ2) is 7.46. The molecule has 1 aliphatic rings. The molecule has 158 valence electrons. The number of esters is 1. The van der Waals surface area contributed by atoms with Gasteiger partial charge in [-0.25, -0.2) is 14.6 Å². The van der Waals surface area contributed by atoms with E-state index in [0.29, 0.717) is 32.8 Å². The Balaban J connectivity index is 1.52. The highest BCUT2D eigenvalue weighted by Gasteiger charge is 2.24. The first kappa shape index (κ1) is 19.7. The smallest absolute Gasteiger partial charge is 0.354 e. The summed E-state index contributed by atoms with van der Waals surface area (Å²) >= 11 is 1.17. The van der Waals surface area contributed by atoms with Crippen molar-refractivity contribution in [2.45, 2.75) is 46.1 Å². The number of carbonyl (C=O) groups is 1. The van der Waals surface area contributed by atoms with Crippen molar-refractivity contribution in [1.29, 1.82) is 0 Å². The monoisotopic (exact) mass is 436 g/mol. The Morgan fingerprint density at radius 3 is 2.94 bits per heavy atom. The Labute approximate surface area is 180 Å². The van der Waals surface area contributed by atoms with Crippen LogP contribution in [0, 0.1) is 6.92 Å². The first-order chi connectivity index (χ1) is 15.0. The summed E-state index contributed by atoms with van der Waals surface area (Å²) in [7, 11) is 0. The Morgan fingerprint density at radius 1 is 1.29 bits per heavy atom. The van der Waals surface area contributed by atoms with E-state index in [9.17, 15) is 14.4 Å². The van der Waals surface area contributed by atoms with E-state index in [1.54, 1.807) is 29.7 Å². The summed E-state index contributed by atoms with van der Waals surface area (Å²) in [5, 5.41) is 1.31. The topological polar surface area (TPSA) is 91.4 Å². The lowest BCUT2D eigenvalue weighted by molar-refractivity contribution is 0.0739. The van der Waals surface area contributed by atoms with E-state index >= 15 is 0 Å². The average molecular weight is 436 g/mol. The molecule has 0 aliphatic carbocycles. The van der Waals surface area contributed by atoms with Gasteiger partial charge in [0.1, 0.15) is 26.9 Å². The number of hydrogen-bond donors (Lipinski definition) is 0. The summed E-state index contributed by atoms with van der Waals surface area (Å²) in [4.78, 5) is 43.1. The van der Waals surface area contributed by atoms with Crippen LogP contribution in [-0.2, 0) is 19.4 Å². The fourth-order valence-electron chi connectivity index (χ4n) is 4.17. The summed E-state index contributed by atoms with van der Waals surface area (Å²) in [5.74, 6) is 0.487. The number of rotatable bonds is 4.